The van der Waals surface area contributed by atoms with Gasteiger partial charge in [0.1, 0.15) is 5.58 Å². The number of benzene rings is 1. The molecule has 25 heavy (non-hydrogen) atoms. The predicted octanol–water partition coefficient (Wildman–Crippen LogP) is 3.57. The van der Waals surface area contributed by atoms with Crippen molar-refractivity contribution in [1.29, 1.82) is 0 Å². The largest absolute Gasteiger partial charge is 0.422 e. The molecule has 2 aliphatic rings. The number of nitrogens with zero attached hydrogens (tertiary/aromatic N) is 1. The van der Waals surface area contributed by atoms with Crippen LogP contribution in [0.1, 0.15) is 36.0 Å². The van der Waals surface area contributed by atoms with Gasteiger partial charge in [-0.2, -0.15) is 0 Å². The van der Waals surface area contributed by atoms with Crippen molar-refractivity contribution in [2.24, 2.45) is 11.1 Å². The van der Waals surface area contributed by atoms with Gasteiger partial charge >= 0.3 is 5.63 Å². The minimum atomic E-state index is -0.253. The molecule has 4 rings (SSSR count). The smallest absolute Gasteiger partial charge is 0.336 e. The molecule has 1 aliphatic heterocycles. The van der Waals surface area contributed by atoms with Crippen molar-refractivity contribution < 1.29 is 4.42 Å². The molecule has 0 radical (unpaired) electrons. The van der Waals surface area contributed by atoms with Gasteiger partial charge in [0.05, 0.1) is 0 Å². The van der Waals surface area contributed by atoms with E-state index < -0.39 is 0 Å². The van der Waals surface area contributed by atoms with E-state index in [9.17, 15) is 4.79 Å². The van der Waals surface area contributed by atoms with Crippen LogP contribution in [-0.4, -0.2) is 24.0 Å². The van der Waals surface area contributed by atoms with Crippen molar-refractivity contribution in [1.82, 2.24) is 4.90 Å². The van der Waals surface area contributed by atoms with E-state index in [1.54, 1.807) is 6.07 Å². The van der Waals surface area contributed by atoms with Crippen LogP contribution in [0.4, 0.5) is 0 Å². The lowest BCUT2D eigenvalue weighted by Gasteiger charge is -2.32. The monoisotopic (exact) mass is 384 g/mol. The average Bonchev–Trinajstić information content (AvgIpc) is 3.12. The van der Waals surface area contributed by atoms with Crippen molar-refractivity contribution in [3.05, 3.63) is 45.3 Å². The van der Waals surface area contributed by atoms with Gasteiger partial charge in [-0.25, -0.2) is 4.79 Å². The minimum Gasteiger partial charge on any atom is -0.422 e. The Hall–Kier alpha value is -1.07. The fraction of sp³-hybridized carbons (Fsp3) is 0.526. The number of fused-ring (bicyclic) bond motifs is 1. The Labute approximate surface area is 160 Å². The Morgan fingerprint density at radius 2 is 1.84 bits per heavy atom. The van der Waals surface area contributed by atoms with Gasteiger partial charge in [0.25, 0.3) is 0 Å². The van der Waals surface area contributed by atoms with Gasteiger partial charge in [-0.05, 0) is 74.4 Å². The second-order valence-corrected chi connectivity index (χ2v) is 7.50. The van der Waals surface area contributed by atoms with Gasteiger partial charge in [-0.15, -0.1) is 24.8 Å². The Morgan fingerprint density at radius 1 is 1.20 bits per heavy atom. The van der Waals surface area contributed by atoms with Crippen molar-refractivity contribution in [2.75, 3.05) is 13.1 Å². The molecule has 1 spiro atoms. The molecule has 0 bridgehead atoms. The van der Waals surface area contributed by atoms with Gasteiger partial charge in [0, 0.05) is 24.0 Å². The Bertz CT molecular complexity index is 826. The summed E-state index contributed by atoms with van der Waals surface area (Å²) >= 11 is 0. The van der Waals surface area contributed by atoms with Crippen molar-refractivity contribution in [2.45, 2.75) is 45.7 Å². The van der Waals surface area contributed by atoms with Gasteiger partial charge in [-0.3, -0.25) is 4.90 Å². The summed E-state index contributed by atoms with van der Waals surface area (Å²) in [6, 6.07) is 6.27. The molecule has 0 amide bonds. The van der Waals surface area contributed by atoms with E-state index in [0.29, 0.717) is 11.5 Å². The minimum absolute atomic E-state index is 0. The number of likely N-dealkylation sites (tertiary alicyclic amines) is 1. The maximum Gasteiger partial charge on any atom is 0.336 e. The maximum atomic E-state index is 11.9. The summed E-state index contributed by atoms with van der Waals surface area (Å²) in [6.45, 7) is 7.04. The van der Waals surface area contributed by atoms with Gasteiger partial charge in [-0.1, -0.05) is 6.07 Å². The third-order valence-electron chi connectivity index (χ3n) is 5.76. The third-order valence-corrected chi connectivity index (χ3v) is 5.76. The second-order valence-electron chi connectivity index (χ2n) is 7.50. The van der Waals surface area contributed by atoms with Crippen molar-refractivity contribution >= 4 is 35.8 Å². The number of halogens is 2. The van der Waals surface area contributed by atoms with E-state index in [-0.39, 0.29) is 30.4 Å². The second kappa shape index (κ2) is 7.28. The van der Waals surface area contributed by atoms with Gasteiger partial charge in [0.15, 0.2) is 0 Å². The van der Waals surface area contributed by atoms with Crippen LogP contribution in [0.2, 0.25) is 0 Å². The van der Waals surface area contributed by atoms with Crippen LogP contribution < -0.4 is 11.4 Å². The summed E-state index contributed by atoms with van der Waals surface area (Å²) < 4.78 is 5.44. The molecule has 4 nitrogen and oxygen atoms in total. The molecule has 2 fully saturated rings. The van der Waals surface area contributed by atoms with Crippen LogP contribution in [0.25, 0.3) is 11.0 Å². The lowest BCUT2D eigenvalue weighted by Crippen LogP contribution is -2.36. The summed E-state index contributed by atoms with van der Waals surface area (Å²) in [5.41, 5.74) is 10.3. The molecular formula is C19H26Cl2N2O2. The predicted molar refractivity (Wildman–Crippen MR) is 106 cm³/mol. The summed E-state index contributed by atoms with van der Waals surface area (Å²) in [5, 5.41) is 1.07. The van der Waals surface area contributed by atoms with E-state index in [1.807, 2.05) is 6.92 Å². The summed E-state index contributed by atoms with van der Waals surface area (Å²) in [6.07, 6.45) is 3.56. The van der Waals surface area contributed by atoms with Crippen LogP contribution in [0, 0.1) is 19.3 Å². The molecule has 1 aromatic heterocycles. The molecule has 1 saturated carbocycles. The highest BCUT2D eigenvalue weighted by molar-refractivity contribution is 5.85. The third kappa shape index (κ3) is 3.72. The number of aryl methyl sites for hydroxylation is 2. The van der Waals surface area contributed by atoms with Crippen LogP contribution >= 0.6 is 24.8 Å². The zero-order chi connectivity index (χ0) is 16.2. The average molecular weight is 385 g/mol. The molecule has 2 heterocycles. The molecule has 1 unspecified atom stereocenters. The Morgan fingerprint density at radius 3 is 2.44 bits per heavy atom. The number of piperidine rings is 1. The SMILES string of the molecule is Cc1cc(C)c2oc(=O)cc(CN3CCC4(CC3)CC4N)c2c1.Cl.Cl. The molecule has 1 aliphatic carbocycles. The normalized spacial score (nSPS) is 21.6. The van der Waals surface area contributed by atoms with Crippen molar-refractivity contribution in [3.8, 4) is 0 Å². The molecular weight excluding hydrogens is 359 g/mol. The van der Waals surface area contributed by atoms with Gasteiger partial charge < -0.3 is 10.2 Å². The summed E-state index contributed by atoms with van der Waals surface area (Å²) in [5.74, 6) is 0. The molecule has 1 aromatic carbocycles. The van der Waals surface area contributed by atoms with E-state index in [4.69, 9.17) is 10.2 Å². The quantitative estimate of drug-likeness (QED) is 0.803. The van der Waals surface area contributed by atoms with E-state index in [1.165, 1.54) is 24.8 Å². The zero-order valence-corrected chi connectivity index (χ0v) is 16.3. The highest BCUT2D eigenvalue weighted by Gasteiger charge is 2.52. The molecule has 2 aromatic rings. The highest BCUT2D eigenvalue weighted by atomic mass is 35.5. The van der Waals surface area contributed by atoms with Crippen molar-refractivity contribution in [3.63, 3.8) is 0 Å². The fourth-order valence-corrected chi connectivity index (χ4v) is 4.16. The van der Waals surface area contributed by atoms with Crippen LogP contribution in [0.5, 0.6) is 0 Å². The first kappa shape index (κ1) is 20.2. The molecule has 1 saturated heterocycles. The molecule has 1 atom stereocenters. The Kier molecular flexibility index (Phi) is 5.89. The molecule has 6 heteroatoms. The summed E-state index contributed by atoms with van der Waals surface area (Å²) in [7, 11) is 0. The first-order valence-corrected chi connectivity index (χ1v) is 8.49. The van der Waals surface area contributed by atoms with Crippen LogP contribution in [-0.2, 0) is 6.54 Å². The standard InChI is InChI=1S/C19H24N2O2.2ClH/c1-12-7-13(2)18-15(8-12)14(9-17(22)23-18)11-21-5-3-19(4-6-21)10-16(19)20;;/h7-9,16H,3-6,10-11,20H2,1-2H3;2*1H. The van der Waals surface area contributed by atoms with Crippen LogP contribution in [0.15, 0.2) is 27.4 Å². The van der Waals surface area contributed by atoms with Gasteiger partial charge in [0.2, 0.25) is 0 Å². The number of hydrogen-bond donors (Lipinski definition) is 1. The lowest BCUT2D eigenvalue weighted by molar-refractivity contribution is 0.163. The molecule has 138 valence electrons. The first-order chi connectivity index (χ1) is 11.0. The summed E-state index contributed by atoms with van der Waals surface area (Å²) in [4.78, 5) is 14.4. The number of nitrogens with two attached hydrogens (primary N) is 1. The highest BCUT2D eigenvalue weighted by Crippen LogP contribution is 2.52. The van der Waals surface area contributed by atoms with E-state index >= 15 is 0 Å². The Balaban J connectivity index is 0.00000113. The van der Waals surface area contributed by atoms with E-state index in [0.717, 1.165) is 41.7 Å². The zero-order valence-electron chi connectivity index (χ0n) is 14.7. The number of hydrogen-bond acceptors (Lipinski definition) is 4. The van der Waals surface area contributed by atoms with Crippen LogP contribution in [0.3, 0.4) is 0 Å². The van der Waals surface area contributed by atoms with E-state index in [2.05, 4.69) is 24.0 Å². The topological polar surface area (TPSA) is 59.5 Å². The lowest BCUT2D eigenvalue weighted by atomic mass is 9.92. The maximum absolute atomic E-state index is 11.9. The number of rotatable bonds is 2. The molecule has 2 N–H and O–H groups in total. The first-order valence-electron chi connectivity index (χ1n) is 8.49. The fourth-order valence-electron chi connectivity index (χ4n) is 4.16.